The molecule has 0 amide bonds. The first-order chi connectivity index (χ1) is 5.00. The predicted molar refractivity (Wildman–Crippen MR) is 49.6 cm³/mol. The van der Waals surface area contributed by atoms with E-state index in [1.807, 2.05) is 34.1 Å². The number of hydrogen-bond donors (Lipinski definition) is 1. The van der Waals surface area contributed by atoms with Gasteiger partial charge >= 0.3 is 0 Å². The smallest absolute Gasteiger partial charge is 0.141 e. The molecule has 0 bridgehead atoms. The summed E-state index contributed by atoms with van der Waals surface area (Å²) in [7, 11) is 2.02. The molecule has 0 saturated carbocycles. The summed E-state index contributed by atoms with van der Waals surface area (Å²) < 4.78 is 0. The normalized spacial score (nSPS) is 11.5. The van der Waals surface area contributed by atoms with Crippen LogP contribution in [-0.4, -0.2) is 12.8 Å². The van der Waals surface area contributed by atoms with E-state index in [9.17, 15) is 0 Å². The van der Waals surface area contributed by atoms with Crippen LogP contribution in [0.25, 0.3) is 0 Å². The molecule has 2 N–H and O–H groups in total. The molecule has 1 heterocycles. The highest BCUT2D eigenvalue weighted by molar-refractivity contribution is 6.32. The Kier molecular flexibility index (Phi) is 2.00. The second-order valence-corrected chi connectivity index (χ2v) is 3.47. The van der Waals surface area contributed by atoms with Crippen LogP contribution in [0.2, 0.25) is 0 Å². The first-order valence-corrected chi connectivity index (χ1v) is 3.71. The summed E-state index contributed by atoms with van der Waals surface area (Å²) in [5.41, 5.74) is 7.84. The van der Waals surface area contributed by atoms with Crippen LogP contribution in [0.1, 0.15) is 19.4 Å². The standard InChI is InChI=1S/C8H13BN2/c1-8(2,10)6-3-7(9)5-11-4-6/h3-5H,9-10H2,1-2H3. The van der Waals surface area contributed by atoms with Crippen molar-refractivity contribution < 1.29 is 0 Å². The van der Waals surface area contributed by atoms with Crippen molar-refractivity contribution in [1.29, 1.82) is 0 Å². The average molecular weight is 148 g/mol. The summed E-state index contributed by atoms with van der Waals surface area (Å²) in [6.07, 6.45) is 3.64. The Labute approximate surface area is 68.2 Å². The van der Waals surface area contributed by atoms with Crippen LogP contribution in [0.4, 0.5) is 0 Å². The number of pyridine rings is 1. The van der Waals surface area contributed by atoms with Crippen LogP contribution in [-0.2, 0) is 5.54 Å². The molecule has 3 heteroatoms. The maximum Gasteiger partial charge on any atom is 0.141 e. The third-order valence-electron chi connectivity index (χ3n) is 1.62. The molecule has 2 nitrogen and oxygen atoms in total. The number of aromatic nitrogens is 1. The molecule has 0 aliphatic rings. The van der Waals surface area contributed by atoms with Gasteiger partial charge in [-0.3, -0.25) is 4.98 Å². The maximum absolute atomic E-state index is 5.89. The fourth-order valence-corrected chi connectivity index (χ4v) is 0.907. The van der Waals surface area contributed by atoms with Gasteiger partial charge in [-0.1, -0.05) is 11.5 Å². The molecule has 0 radical (unpaired) electrons. The molecule has 1 rings (SSSR count). The second-order valence-electron chi connectivity index (χ2n) is 3.47. The molecule has 1 aromatic heterocycles. The van der Waals surface area contributed by atoms with Crippen LogP contribution < -0.4 is 11.2 Å². The molecular formula is C8H13BN2. The van der Waals surface area contributed by atoms with E-state index in [1.54, 1.807) is 0 Å². The van der Waals surface area contributed by atoms with Crippen molar-refractivity contribution >= 4 is 13.3 Å². The minimum Gasteiger partial charge on any atom is -0.322 e. The average Bonchev–Trinajstić information content (AvgIpc) is 1.86. The molecule has 0 atom stereocenters. The summed E-state index contributed by atoms with van der Waals surface area (Å²) in [5.74, 6) is 0. The molecule has 0 aromatic carbocycles. The van der Waals surface area contributed by atoms with E-state index in [1.165, 1.54) is 0 Å². The van der Waals surface area contributed by atoms with Gasteiger partial charge in [-0.25, -0.2) is 0 Å². The highest BCUT2D eigenvalue weighted by atomic mass is 14.7. The Balaban J connectivity index is 3.06. The third-order valence-corrected chi connectivity index (χ3v) is 1.62. The van der Waals surface area contributed by atoms with Gasteiger partial charge in [0.2, 0.25) is 0 Å². The summed E-state index contributed by atoms with van der Waals surface area (Å²) in [5, 5.41) is 0. The van der Waals surface area contributed by atoms with Gasteiger partial charge in [0, 0.05) is 17.9 Å². The van der Waals surface area contributed by atoms with E-state index in [0.29, 0.717) is 0 Å². The van der Waals surface area contributed by atoms with Gasteiger partial charge < -0.3 is 5.73 Å². The van der Waals surface area contributed by atoms with Gasteiger partial charge in [0.1, 0.15) is 7.85 Å². The van der Waals surface area contributed by atoms with Gasteiger partial charge in [-0.05, 0) is 19.4 Å². The Morgan fingerprint density at radius 3 is 2.45 bits per heavy atom. The lowest BCUT2D eigenvalue weighted by Gasteiger charge is -2.18. The highest BCUT2D eigenvalue weighted by Crippen LogP contribution is 2.12. The topological polar surface area (TPSA) is 38.9 Å². The van der Waals surface area contributed by atoms with E-state index < -0.39 is 0 Å². The number of nitrogens with zero attached hydrogens (tertiary/aromatic N) is 1. The molecule has 58 valence electrons. The summed E-state index contributed by atoms with van der Waals surface area (Å²) in [4.78, 5) is 4.07. The van der Waals surface area contributed by atoms with Crippen molar-refractivity contribution in [3.05, 3.63) is 24.0 Å². The Morgan fingerprint density at radius 2 is 2.09 bits per heavy atom. The Hall–Kier alpha value is -0.825. The fourth-order valence-electron chi connectivity index (χ4n) is 0.907. The lowest BCUT2D eigenvalue weighted by Crippen LogP contribution is -2.30. The monoisotopic (exact) mass is 148 g/mol. The molecule has 0 spiro atoms. The van der Waals surface area contributed by atoms with Crippen molar-refractivity contribution in [1.82, 2.24) is 4.98 Å². The number of nitrogens with two attached hydrogens (primary N) is 1. The van der Waals surface area contributed by atoms with E-state index in [2.05, 4.69) is 11.1 Å². The molecular weight excluding hydrogens is 135 g/mol. The molecule has 11 heavy (non-hydrogen) atoms. The zero-order valence-corrected chi connectivity index (χ0v) is 7.26. The summed E-state index contributed by atoms with van der Waals surface area (Å²) >= 11 is 0. The van der Waals surface area contributed by atoms with E-state index in [4.69, 9.17) is 5.73 Å². The molecule has 0 aliphatic carbocycles. The van der Waals surface area contributed by atoms with Crippen molar-refractivity contribution in [2.24, 2.45) is 5.73 Å². The first-order valence-electron chi connectivity index (χ1n) is 3.71. The lowest BCUT2D eigenvalue weighted by molar-refractivity contribution is 0.552. The van der Waals surface area contributed by atoms with Gasteiger partial charge in [0.05, 0.1) is 0 Å². The van der Waals surface area contributed by atoms with Gasteiger partial charge in [0.15, 0.2) is 0 Å². The van der Waals surface area contributed by atoms with E-state index in [0.717, 1.165) is 11.0 Å². The van der Waals surface area contributed by atoms with Crippen molar-refractivity contribution in [3.8, 4) is 0 Å². The number of hydrogen-bond acceptors (Lipinski definition) is 2. The Morgan fingerprint density at radius 1 is 1.45 bits per heavy atom. The van der Waals surface area contributed by atoms with Gasteiger partial charge in [0.25, 0.3) is 0 Å². The van der Waals surface area contributed by atoms with E-state index in [-0.39, 0.29) is 5.54 Å². The van der Waals surface area contributed by atoms with E-state index >= 15 is 0 Å². The molecule has 0 unspecified atom stereocenters. The van der Waals surface area contributed by atoms with Gasteiger partial charge in [-0.2, -0.15) is 0 Å². The van der Waals surface area contributed by atoms with Crippen LogP contribution in [0, 0.1) is 0 Å². The minimum absolute atomic E-state index is 0.279. The quantitative estimate of drug-likeness (QED) is 0.547. The van der Waals surface area contributed by atoms with Gasteiger partial charge in [-0.15, -0.1) is 0 Å². The zero-order chi connectivity index (χ0) is 8.48. The van der Waals surface area contributed by atoms with Crippen LogP contribution >= 0.6 is 0 Å². The van der Waals surface area contributed by atoms with Crippen LogP contribution in [0.5, 0.6) is 0 Å². The Bertz CT molecular complexity index is 253. The zero-order valence-electron chi connectivity index (χ0n) is 7.26. The van der Waals surface area contributed by atoms with Crippen molar-refractivity contribution in [2.75, 3.05) is 0 Å². The number of rotatable bonds is 1. The third kappa shape index (κ3) is 2.05. The molecule has 1 aromatic rings. The molecule has 0 saturated heterocycles. The minimum atomic E-state index is -0.279. The fraction of sp³-hybridized carbons (Fsp3) is 0.375. The van der Waals surface area contributed by atoms with Crippen LogP contribution in [0.3, 0.4) is 0 Å². The first kappa shape index (κ1) is 8.27. The highest BCUT2D eigenvalue weighted by Gasteiger charge is 2.13. The molecule has 0 fully saturated rings. The summed E-state index contributed by atoms with van der Waals surface area (Å²) in [6.45, 7) is 3.95. The lowest BCUT2D eigenvalue weighted by atomic mass is 9.91. The van der Waals surface area contributed by atoms with Crippen LogP contribution in [0.15, 0.2) is 18.5 Å². The maximum atomic E-state index is 5.89. The largest absolute Gasteiger partial charge is 0.322 e. The van der Waals surface area contributed by atoms with Crippen molar-refractivity contribution in [3.63, 3.8) is 0 Å². The molecule has 0 aliphatic heterocycles. The van der Waals surface area contributed by atoms with Crippen molar-refractivity contribution in [2.45, 2.75) is 19.4 Å². The predicted octanol–water partition coefficient (Wildman–Crippen LogP) is -0.466. The SMILES string of the molecule is Bc1cncc(C(C)(C)N)c1. The second kappa shape index (κ2) is 2.66. The summed E-state index contributed by atoms with van der Waals surface area (Å²) in [6, 6.07) is 2.06.